The summed E-state index contributed by atoms with van der Waals surface area (Å²) in [4.78, 5) is 11.6. The van der Waals surface area contributed by atoms with Gasteiger partial charge in [-0.15, -0.1) is 0 Å². The highest BCUT2D eigenvalue weighted by atomic mass is 19.1. The van der Waals surface area contributed by atoms with Crippen molar-refractivity contribution in [2.24, 2.45) is 0 Å². The minimum Gasteiger partial charge on any atom is -0.323 e. The third-order valence-corrected chi connectivity index (χ3v) is 2.51. The molecule has 102 valence electrons. The molecule has 20 heavy (non-hydrogen) atoms. The van der Waals surface area contributed by atoms with Crippen LogP contribution in [0.2, 0.25) is 0 Å². The van der Waals surface area contributed by atoms with Gasteiger partial charge in [-0.05, 0) is 42.5 Å². The highest BCUT2D eigenvalue weighted by Crippen LogP contribution is 2.14. The van der Waals surface area contributed by atoms with Crippen LogP contribution in [-0.2, 0) is 4.79 Å². The maximum atomic E-state index is 13.3. The molecule has 0 aliphatic carbocycles. The van der Waals surface area contributed by atoms with Crippen LogP contribution in [-0.4, -0.2) is 5.91 Å². The van der Waals surface area contributed by atoms with Crippen molar-refractivity contribution >= 4 is 17.7 Å². The lowest BCUT2D eigenvalue weighted by molar-refractivity contribution is -0.111. The number of benzene rings is 2. The molecule has 1 N–H and O–H groups in total. The third-order valence-electron chi connectivity index (χ3n) is 2.51. The Labute approximate surface area is 113 Å². The summed E-state index contributed by atoms with van der Waals surface area (Å²) in [5.74, 6) is -2.50. The maximum absolute atomic E-state index is 13.3. The zero-order chi connectivity index (χ0) is 14.5. The fourth-order valence-electron chi connectivity index (χ4n) is 1.55. The first kappa shape index (κ1) is 13.9. The fourth-order valence-corrected chi connectivity index (χ4v) is 1.55. The zero-order valence-electron chi connectivity index (χ0n) is 10.2. The average molecular weight is 277 g/mol. The highest BCUT2D eigenvalue weighted by molar-refractivity contribution is 6.01. The Kier molecular flexibility index (Phi) is 4.20. The summed E-state index contributed by atoms with van der Waals surface area (Å²) in [5.41, 5.74) is 0.0943. The first-order valence-corrected chi connectivity index (χ1v) is 5.75. The molecule has 1 amide bonds. The lowest BCUT2D eigenvalue weighted by Gasteiger charge is -2.02. The number of halogens is 3. The maximum Gasteiger partial charge on any atom is 0.248 e. The molecule has 0 aromatic heterocycles. The molecule has 0 fully saturated rings. The van der Waals surface area contributed by atoms with Crippen molar-refractivity contribution in [3.63, 3.8) is 0 Å². The molecular weight excluding hydrogens is 267 g/mol. The molecule has 0 saturated heterocycles. The Morgan fingerprint density at radius 1 is 0.950 bits per heavy atom. The van der Waals surface area contributed by atoms with Gasteiger partial charge in [-0.1, -0.05) is 6.07 Å². The lowest BCUT2D eigenvalue weighted by Crippen LogP contribution is -2.07. The number of carbonyl (C=O) groups is 1. The predicted octanol–water partition coefficient (Wildman–Crippen LogP) is 3.76. The normalized spacial score (nSPS) is 10.8. The van der Waals surface area contributed by atoms with E-state index >= 15 is 0 Å². The Balaban J connectivity index is 2.08. The number of nitrogens with one attached hydrogen (secondary N) is 1. The van der Waals surface area contributed by atoms with E-state index in [0.717, 1.165) is 24.3 Å². The first-order chi connectivity index (χ1) is 9.56. The number of amides is 1. The third kappa shape index (κ3) is 3.47. The van der Waals surface area contributed by atoms with Crippen LogP contribution in [0.25, 0.3) is 6.08 Å². The molecule has 0 bridgehead atoms. The number of hydrogen-bond acceptors (Lipinski definition) is 1. The van der Waals surface area contributed by atoms with Gasteiger partial charge in [0.25, 0.3) is 0 Å². The van der Waals surface area contributed by atoms with Crippen LogP contribution >= 0.6 is 0 Å². The van der Waals surface area contributed by atoms with Crippen LogP contribution in [0.3, 0.4) is 0 Å². The van der Waals surface area contributed by atoms with Crippen molar-refractivity contribution in [2.45, 2.75) is 0 Å². The SMILES string of the molecule is O=C(/C=C/c1c(F)cccc1F)Nc1ccc(F)cc1. The number of rotatable bonds is 3. The second kappa shape index (κ2) is 6.06. The Bertz CT molecular complexity index is 630. The summed E-state index contributed by atoms with van der Waals surface area (Å²) >= 11 is 0. The molecular formula is C15H10F3NO. The van der Waals surface area contributed by atoms with Gasteiger partial charge in [0.1, 0.15) is 17.5 Å². The Hall–Kier alpha value is -2.56. The molecule has 0 spiro atoms. The molecule has 2 nitrogen and oxygen atoms in total. The molecule has 0 heterocycles. The van der Waals surface area contributed by atoms with Gasteiger partial charge in [0.15, 0.2) is 0 Å². The minimum absolute atomic E-state index is 0.290. The van der Waals surface area contributed by atoms with Gasteiger partial charge in [-0.25, -0.2) is 13.2 Å². The van der Waals surface area contributed by atoms with Gasteiger partial charge in [-0.2, -0.15) is 0 Å². The average Bonchev–Trinajstić information content (AvgIpc) is 2.41. The summed E-state index contributed by atoms with van der Waals surface area (Å²) < 4.78 is 39.3. The van der Waals surface area contributed by atoms with Gasteiger partial charge < -0.3 is 5.32 Å². The minimum atomic E-state index is -0.754. The van der Waals surface area contributed by atoms with E-state index in [0.29, 0.717) is 5.69 Å². The van der Waals surface area contributed by atoms with E-state index in [2.05, 4.69) is 5.32 Å². The van der Waals surface area contributed by atoms with E-state index in [4.69, 9.17) is 0 Å². The van der Waals surface area contributed by atoms with Gasteiger partial charge in [0, 0.05) is 17.3 Å². The van der Waals surface area contributed by atoms with Gasteiger partial charge in [0.05, 0.1) is 0 Å². The molecule has 0 aliphatic rings. The quantitative estimate of drug-likeness (QED) is 0.850. The molecule has 0 radical (unpaired) electrons. The van der Waals surface area contributed by atoms with E-state index in [-0.39, 0.29) is 5.56 Å². The standard InChI is InChI=1S/C15H10F3NO/c16-10-4-6-11(7-5-10)19-15(20)9-8-12-13(17)2-1-3-14(12)18/h1-9H,(H,19,20)/b9-8+. The van der Waals surface area contributed by atoms with Crippen LogP contribution in [0.4, 0.5) is 18.9 Å². The van der Waals surface area contributed by atoms with Crippen molar-refractivity contribution in [1.29, 1.82) is 0 Å². The molecule has 2 aromatic rings. The Morgan fingerprint density at radius 2 is 1.55 bits per heavy atom. The van der Waals surface area contributed by atoms with Crippen LogP contribution < -0.4 is 5.32 Å². The fraction of sp³-hybridized carbons (Fsp3) is 0. The predicted molar refractivity (Wildman–Crippen MR) is 70.4 cm³/mol. The van der Waals surface area contributed by atoms with E-state index < -0.39 is 23.4 Å². The van der Waals surface area contributed by atoms with Crippen LogP contribution in [0, 0.1) is 17.5 Å². The smallest absolute Gasteiger partial charge is 0.248 e. The highest BCUT2D eigenvalue weighted by Gasteiger charge is 2.05. The van der Waals surface area contributed by atoms with Crippen LogP contribution in [0.1, 0.15) is 5.56 Å². The second-order valence-corrected chi connectivity index (χ2v) is 3.96. The van der Waals surface area contributed by atoms with E-state index in [1.807, 2.05) is 0 Å². The summed E-state index contributed by atoms with van der Waals surface area (Å²) in [6.45, 7) is 0. The lowest BCUT2D eigenvalue weighted by atomic mass is 10.2. The summed E-state index contributed by atoms with van der Waals surface area (Å²) in [7, 11) is 0. The monoisotopic (exact) mass is 277 g/mol. The van der Waals surface area contributed by atoms with E-state index in [1.165, 1.54) is 30.3 Å². The van der Waals surface area contributed by atoms with Gasteiger partial charge in [-0.3, -0.25) is 4.79 Å². The molecule has 5 heteroatoms. The van der Waals surface area contributed by atoms with Crippen molar-refractivity contribution in [1.82, 2.24) is 0 Å². The van der Waals surface area contributed by atoms with Crippen LogP contribution in [0.15, 0.2) is 48.5 Å². The van der Waals surface area contributed by atoms with Gasteiger partial charge >= 0.3 is 0 Å². The van der Waals surface area contributed by atoms with Crippen molar-refractivity contribution in [3.05, 3.63) is 71.6 Å². The van der Waals surface area contributed by atoms with Crippen molar-refractivity contribution in [2.75, 3.05) is 5.32 Å². The zero-order valence-corrected chi connectivity index (χ0v) is 10.2. The van der Waals surface area contributed by atoms with E-state index in [9.17, 15) is 18.0 Å². The summed E-state index contributed by atoms with van der Waals surface area (Å²) in [6.07, 6.45) is 2.05. The molecule has 2 aromatic carbocycles. The van der Waals surface area contributed by atoms with Gasteiger partial charge in [0.2, 0.25) is 5.91 Å². The Morgan fingerprint density at radius 3 is 2.15 bits per heavy atom. The summed E-state index contributed by atoms with van der Waals surface area (Å²) in [5, 5.41) is 2.44. The first-order valence-electron chi connectivity index (χ1n) is 5.75. The number of anilines is 1. The van der Waals surface area contributed by atoms with Crippen molar-refractivity contribution < 1.29 is 18.0 Å². The second-order valence-electron chi connectivity index (χ2n) is 3.96. The summed E-state index contributed by atoms with van der Waals surface area (Å²) in [6, 6.07) is 8.57. The molecule has 0 saturated carbocycles. The number of hydrogen-bond donors (Lipinski definition) is 1. The van der Waals surface area contributed by atoms with E-state index in [1.54, 1.807) is 0 Å². The van der Waals surface area contributed by atoms with Crippen LogP contribution in [0.5, 0.6) is 0 Å². The topological polar surface area (TPSA) is 29.1 Å². The van der Waals surface area contributed by atoms with Crippen molar-refractivity contribution in [3.8, 4) is 0 Å². The molecule has 0 unspecified atom stereocenters. The largest absolute Gasteiger partial charge is 0.323 e. The molecule has 2 rings (SSSR count). The molecule has 0 aliphatic heterocycles. The molecule has 0 atom stereocenters. The number of carbonyl (C=O) groups excluding carboxylic acids is 1.